The Kier molecular flexibility index (Phi) is 7.33. The van der Waals surface area contributed by atoms with Gasteiger partial charge in [0.1, 0.15) is 11.1 Å². The van der Waals surface area contributed by atoms with Crippen LogP contribution in [0.15, 0.2) is 0 Å². The molecule has 2 saturated heterocycles. The van der Waals surface area contributed by atoms with Crippen LogP contribution in [0.4, 0.5) is 4.79 Å². The molecule has 0 aromatic carbocycles. The summed E-state index contributed by atoms with van der Waals surface area (Å²) in [4.78, 5) is 26.9. The number of hydrogen-bond acceptors (Lipinski definition) is 5. The van der Waals surface area contributed by atoms with Crippen molar-refractivity contribution in [3.05, 3.63) is 0 Å². The van der Waals surface area contributed by atoms with Gasteiger partial charge in [-0.1, -0.05) is 19.3 Å². The summed E-state index contributed by atoms with van der Waals surface area (Å²) in [5.74, 6) is 0.412. The number of ether oxygens (including phenoxy) is 3. The lowest BCUT2D eigenvalue weighted by Crippen LogP contribution is -2.54. The molecule has 0 spiro atoms. The monoisotopic (exact) mass is 369 g/mol. The second kappa shape index (κ2) is 9.07. The average molecular weight is 370 g/mol. The van der Waals surface area contributed by atoms with E-state index in [4.69, 9.17) is 14.2 Å². The van der Waals surface area contributed by atoms with E-state index in [9.17, 15) is 9.59 Å². The van der Waals surface area contributed by atoms with E-state index in [0.717, 1.165) is 57.7 Å². The van der Waals surface area contributed by atoms with Gasteiger partial charge in [-0.3, -0.25) is 4.90 Å². The molecule has 0 N–H and O–H groups in total. The summed E-state index contributed by atoms with van der Waals surface area (Å²) >= 11 is 0. The average Bonchev–Trinajstić information content (AvgIpc) is 3.03. The third-order valence-electron chi connectivity index (χ3n) is 5.46. The van der Waals surface area contributed by atoms with Crippen LogP contribution in [0.1, 0.15) is 72.1 Å². The fraction of sp³-hybridized carbons (Fsp3) is 0.900. The number of likely N-dealkylation sites (tertiary alicyclic amines) is 1. The maximum absolute atomic E-state index is 12.7. The zero-order valence-electron chi connectivity index (χ0n) is 16.8. The van der Waals surface area contributed by atoms with Gasteiger partial charge in [0.15, 0.2) is 0 Å². The molecule has 2 fully saturated rings. The number of methoxy groups -OCH3 is 1. The van der Waals surface area contributed by atoms with Crippen LogP contribution < -0.4 is 0 Å². The zero-order valence-corrected chi connectivity index (χ0v) is 16.8. The molecule has 6 heteroatoms. The molecule has 1 unspecified atom stereocenters. The number of esters is 1. The highest BCUT2D eigenvalue weighted by atomic mass is 16.6. The van der Waals surface area contributed by atoms with Gasteiger partial charge in [-0.25, -0.2) is 9.59 Å². The van der Waals surface area contributed by atoms with E-state index >= 15 is 0 Å². The van der Waals surface area contributed by atoms with Crippen molar-refractivity contribution >= 4 is 12.1 Å². The van der Waals surface area contributed by atoms with E-state index in [0.29, 0.717) is 19.4 Å². The standard InChI is InChI=1S/C20H35NO5/c1-19(2,3)26-18(23)21-13-7-12-20(21,17(22)24-4)11-6-5-8-16-9-14-25-15-10-16/h16H,5-15H2,1-4H3. The minimum atomic E-state index is -0.868. The van der Waals surface area contributed by atoms with E-state index < -0.39 is 17.2 Å². The Morgan fingerprint density at radius 2 is 1.88 bits per heavy atom. The summed E-state index contributed by atoms with van der Waals surface area (Å²) in [7, 11) is 1.40. The Balaban J connectivity index is 1.97. The van der Waals surface area contributed by atoms with E-state index in [1.807, 2.05) is 20.8 Å². The van der Waals surface area contributed by atoms with Gasteiger partial charge in [0.25, 0.3) is 0 Å². The van der Waals surface area contributed by atoms with Crippen LogP contribution in [0.3, 0.4) is 0 Å². The van der Waals surface area contributed by atoms with E-state index in [1.54, 1.807) is 4.90 Å². The van der Waals surface area contributed by atoms with Crippen LogP contribution in [-0.4, -0.2) is 55.0 Å². The molecular formula is C20H35NO5. The second-order valence-corrected chi connectivity index (χ2v) is 8.56. The highest BCUT2D eigenvalue weighted by molar-refractivity contribution is 5.86. The molecule has 0 aromatic rings. The third kappa shape index (κ3) is 5.35. The number of hydrogen-bond donors (Lipinski definition) is 0. The van der Waals surface area contributed by atoms with Gasteiger partial charge in [-0.2, -0.15) is 0 Å². The lowest BCUT2D eigenvalue weighted by atomic mass is 9.87. The number of rotatable bonds is 6. The molecule has 150 valence electrons. The summed E-state index contributed by atoms with van der Waals surface area (Å²) in [5.41, 5.74) is -1.45. The van der Waals surface area contributed by atoms with Gasteiger partial charge in [-0.15, -0.1) is 0 Å². The van der Waals surface area contributed by atoms with Crippen molar-refractivity contribution in [2.24, 2.45) is 5.92 Å². The summed E-state index contributed by atoms with van der Waals surface area (Å²) < 4.78 is 16.0. The Hall–Kier alpha value is -1.30. The Labute approximate surface area is 157 Å². The van der Waals surface area contributed by atoms with Crippen molar-refractivity contribution in [2.45, 2.75) is 83.3 Å². The predicted octanol–water partition coefficient (Wildman–Crippen LogP) is 3.92. The quantitative estimate of drug-likeness (QED) is 0.524. The van der Waals surface area contributed by atoms with Crippen molar-refractivity contribution in [1.29, 1.82) is 0 Å². The number of carbonyl (C=O) groups is 2. The highest BCUT2D eigenvalue weighted by Gasteiger charge is 2.51. The van der Waals surface area contributed by atoms with Crippen LogP contribution in [0.2, 0.25) is 0 Å². The zero-order chi connectivity index (χ0) is 19.2. The Morgan fingerprint density at radius 3 is 2.50 bits per heavy atom. The van der Waals surface area contributed by atoms with Crippen molar-refractivity contribution in [2.75, 3.05) is 26.9 Å². The lowest BCUT2D eigenvalue weighted by Gasteiger charge is -2.37. The van der Waals surface area contributed by atoms with E-state index in [1.165, 1.54) is 7.11 Å². The first-order valence-electron chi connectivity index (χ1n) is 9.95. The Morgan fingerprint density at radius 1 is 1.19 bits per heavy atom. The minimum absolute atomic E-state index is 0.313. The van der Waals surface area contributed by atoms with Gasteiger partial charge in [0, 0.05) is 19.8 Å². The molecule has 2 heterocycles. The number of carbonyl (C=O) groups excluding carboxylic acids is 2. The van der Waals surface area contributed by atoms with Gasteiger partial charge >= 0.3 is 12.1 Å². The largest absolute Gasteiger partial charge is 0.467 e. The number of nitrogens with zero attached hydrogens (tertiary/aromatic N) is 1. The Bertz CT molecular complexity index is 481. The van der Waals surface area contributed by atoms with Crippen LogP contribution in [-0.2, 0) is 19.0 Å². The first-order chi connectivity index (χ1) is 12.3. The molecule has 1 atom stereocenters. The van der Waals surface area contributed by atoms with Crippen LogP contribution in [0.25, 0.3) is 0 Å². The first-order valence-corrected chi connectivity index (χ1v) is 9.95. The maximum Gasteiger partial charge on any atom is 0.411 e. The SMILES string of the molecule is COC(=O)C1(CCCCC2CCOCC2)CCCN1C(=O)OC(C)(C)C. The van der Waals surface area contributed by atoms with Gasteiger partial charge in [0.05, 0.1) is 7.11 Å². The van der Waals surface area contributed by atoms with E-state index in [2.05, 4.69) is 0 Å². The normalized spacial score (nSPS) is 24.5. The third-order valence-corrected chi connectivity index (χ3v) is 5.46. The smallest absolute Gasteiger partial charge is 0.411 e. The maximum atomic E-state index is 12.7. The second-order valence-electron chi connectivity index (χ2n) is 8.56. The predicted molar refractivity (Wildman–Crippen MR) is 98.9 cm³/mol. The van der Waals surface area contributed by atoms with Crippen molar-refractivity contribution in [3.63, 3.8) is 0 Å². The lowest BCUT2D eigenvalue weighted by molar-refractivity contribution is -0.153. The molecule has 6 nitrogen and oxygen atoms in total. The highest BCUT2D eigenvalue weighted by Crippen LogP contribution is 2.37. The van der Waals surface area contributed by atoms with Crippen molar-refractivity contribution < 1.29 is 23.8 Å². The van der Waals surface area contributed by atoms with E-state index in [-0.39, 0.29) is 5.97 Å². The van der Waals surface area contributed by atoms with Gasteiger partial charge in [-0.05, 0) is 58.8 Å². The van der Waals surface area contributed by atoms with Gasteiger partial charge < -0.3 is 14.2 Å². The number of amides is 1. The summed E-state index contributed by atoms with van der Waals surface area (Å²) in [6.07, 6.45) is 7.07. The summed E-state index contributed by atoms with van der Waals surface area (Å²) in [6.45, 7) is 7.80. The fourth-order valence-corrected chi connectivity index (χ4v) is 4.11. The van der Waals surface area contributed by atoms with Crippen molar-refractivity contribution in [1.82, 2.24) is 4.90 Å². The van der Waals surface area contributed by atoms with Gasteiger partial charge in [0.2, 0.25) is 0 Å². The number of unbranched alkanes of at least 4 members (excludes halogenated alkanes) is 1. The molecule has 1 amide bonds. The molecule has 0 bridgehead atoms. The molecule has 26 heavy (non-hydrogen) atoms. The molecule has 0 saturated carbocycles. The first kappa shape index (κ1) is 21.0. The summed E-state index contributed by atoms with van der Waals surface area (Å²) in [5, 5.41) is 0. The molecule has 0 radical (unpaired) electrons. The fourth-order valence-electron chi connectivity index (χ4n) is 4.11. The molecule has 2 aliphatic heterocycles. The molecular weight excluding hydrogens is 334 g/mol. The van der Waals surface area contributed by atoms with Crippen LogP contribution >= 0.6 is 0 Å². The molecule has 0 aromatic heterocycles. The van der Waals surface area contributed by atoms with Crippen LogP contribution in [0.5, 0.6) is 0 Å². The molecule has 2 rings (SSSR count). The topological polar surface area (TPSA) is 65.1 Å². The molecule has 0 aliphatic carbocycles. The molecule has 2 aliphatic rings. The minimum Gasteiger partial charge on any atom is -0.467 e. The van der Waals surface area contributed by atoms with Crippen molar-refractivity contribution in [3.8, 4) is 0 Å². The van der Waals surface area contributed by atoms with Crippen LogP contribution in [0, 0.1) is 5.92 Å². The summed E-state index contributed by atoms with van der Waals surface area (Å²) in [6, 6.07) is 0.